The number of rotatable bonds is 2. The molecule has 4 heteroatoms. The van der Waals surface area contributed by atoms with E-state index in [0.717, 1.165) is 47.4 Å². The molecule has 1 atom stereocenters. The number of nitriles is 1. The van der Waals surface area contributed by atoms with Crippen LogP contribution in [0.3, 0.4) is 0 Å². The zero-order valence-electron chi connectivity index (χ0n) is 14.0. The molecule has 0 spiro atoms. The van der Waals surface area contributed by atoms with E-state index in [-0.39, 0.29) is 11.8 Å². The van der Waals surface area contributed by atoms with Gasteiger partial charge in [0.2, 0.25) is 5.91 Å². The van der Waals surface area contributed by atoms with E-state index in [1.54, 1.807) is 7.11 Å². The third kappa shape index (κ3) is 2.68. The monoisotopic (exact) mass is 330 g/mol. The van der Waals surface area contributed by atoms with E-state index in [1.165, 1.54) is 5.56 Å². The molecule has 1 aliphatic carbocycles. The van der Waals surface area contributed by atoms with Crippen LogP contribution >= 0.6 is 0 Å². The minimum Gasteiger partial charge on any atom is -0.497 e. The molecule has 1 amide bonds. The van der Waals surface area contributed by atoms with Crippen LogP contribution in [-0.2, 0) is 11.2 Å². The van der Waals surface area contributed by atoms with Crippen molar-refractivity contribution in [3.8, 4) is 22.9 Å². The normalized spacial score (nSPS) is 18.3. The summed E-state index contributed by atoms with van der Waals surface area (Å²) in [6.07, 6.45) is 3.76. The molecule has 0 aromatic heterocycles. The number of amides is 1. The maximum atomic E-state index is 12.2. The van der Waals surface area contributed by atoms with Crippen molar-refractivity contribution in [1.82, 2.24) is 5.32 Å². The molecule has 1 heterocycles. The van der Waals surface area contributed by atoms with Crippen molar-refractivity contribution in [3.05, 3.63) is 58.7 Å². The smallest absolute Gasteiger partial charge is 0.247 e. The zero-order valence-corrected chi connectivity index (χ0v) is 14.0. The molecule has 4 nitrogen and oxygen atoms in total. The summed E-state index contributed by atoms with van der Waals surface area (Å²) in [5.41, 5.74) is 5.77. The minimum absolute atomic E-state index is 0.0234. The van der Waals surface area contributed by atoms with Gasteiger partial charge >= 0.3 is 0 Å². The zero-order chi connectivity index (χ0) is 17.4. The van der Waals surface area contributed by atoms with Crippen LogP contribution in [0.4, 0.5) is 0 Å². The summed E-state index contributed by atoms with van der Waals surface area (Å²) in [6.45, 7) is 0.727. The van der Waals surface area contributed by atoms with Crippen molar-refractivity contribution in [2.45, 2.75) is 12.8 Å². The first-order valence-corrected chi connectivity index (χ1v) is 8.41. The van der Waals surface area contributed by atoms with Crippen LogP contribution in [0.15, 0.2) is 42.0 Å². The maximum Gasteiger partial charge on any atom is 0.247 e. The van der Waals surface area contributed by atoms with E-state index in [4.69, 9.17) is 4.74 Å². The average Bonchev–Trinajstić information content (AvgIpc) is 2.66. The quantitative estimate of drug-likeness (QED) is 0.919. The molecule has 124 valence electrons. The average molecular weight is 330 g/mol. The summed E-state index contributed by atoms with van der Waals surface area (Å²) < 4.78 is 5.24. The number of carbonyl (C=O) groups is 1. The summed E-state index contributed by atoms with van der Waals surface area (Å²) in [5, 5.41) is 12.3. The summed E-state index contributed by atoms with van der Waals surface area (Å²) >= 11 is 0. The summed E-state index contributed by atoms with van der Waals surface area (Å²) in [4.78, 5) is 12.2. The largest absolute Gasteiger partial charge is 0.497 e. The lowest BCUT2D eigenvalue weighted by atomic mass is 9.76. The third-order valence-corrected chi connectivity index (χ3v) is 5.06. The van der Waals surface area contributed by atoms with Crippen LogP contribution in [0.25, 0.3) is 17.2 Å². The van der Waals surface area contributed by atoms with Crippen LogP contribution in [0, 0.1) is 17.2 Å². The molecule has 1 saturated heterocycles. The second-order valence-corrected chi connectivity index (χ2v) is 6.48. The molecule has 25 heavy (non-hydrogen) atoms. The standard InChI is InChI=1S/C21H18N2O2/c1-25-17-4-2-14(3-5-17)18-9-13(12-22)8-16-11-20-15(10-19(16)18)6-7-23-21(20)24/h2-5,8-9,11,15H,6-7,10H2,1H3,(H,23,24). The fraction of sp³-hybridized carbons (Fsp3) is 0.238. The van der Waals surface area contributed by atoms with Crippen molar-refractivity contribution in [2.75, 3.05) is 13.7 Å². The molecule has 2 aliphatic rings. The van der Waals surface area contributed by atoms with E-state index in [1.807, 2.05) is 42.5 Å². The number of nitrogens with zero attached hydrogens (tertiary/aromatic N) is 1. The molecule has 1 N–H and O–H groups in total. The maximum absolute atomic E-state index is 12.2. The Morgan fingerprint density at radius 1 is 1.24 bits per heavy atom. The molecule has 0 radical (unpaired) electrons. The van der Waals surface area contributed by atoms with E-state index in [9.17, 15) is 10.1 Å². The molecular formula is C21H18N2O2. The topological polar surface area (TPSA) is 62.1 Å². The molecule has 1 unspecified atom stereocenters. The van der Waals surface area contributed by atoms with Gasteiger partial charge in [-0.15, -0.1) is 0 Å². The fourth-order valence-corrected chi connectivity index (χ4v) is 3.76. The number of fused-ring (bicyclic) bond motifs is 2. The lowest BCUT2D eigenvalue weighted by Crippen LogP contribution is -2.38. The van der Waals surface area contributed by atoms with Gasteiger partial charge in [-0.25, -0.2) is 0 Å². The van der Waals surface area contributed by atoms with E-state index >= 15 is 0 Å². The lowest BCUT2D eigenvalue weighted by Gasteiger charge is -2.31. The SMILES string of the molecule is COc1ccc(-c2cc(C#N)cc3c2CC2CCNC(=O)C2=C3)cc1. The van der Waals surface area contributed by atoms with Gasteiger partial charge in [0, 0.05) is 12.1 Å². The number of ether oxygens (including phenoxy) is 1. The van der Waals surface area contributed by atoms with E-state index in [0.29, 0.717) is 5.56 Å². The van der Waals surface area contributed by atoms with Crippen molar-refractivity contribution in [1.29, 1.82) is 5.26 Å². The van der Waals surface area contributed by atoms with Gasteiger partial charge in [-0.2, -0.15) is 5.26 Å². The second-order valence-electron chi connectivity index (χ2n) is 6.48. The van der Waals surface area contributed by atoms with Gasteiger partial charge in [0.25, 0.3) is 0 Å². The Labute approximate surface area is 146 Å². The van der Waals surface area contributed by atoms with Crippen molar-refractivity contribution < 1.29 is 9.53 Å². The predicted molar refractivity (Wildman–Crippen MR) is 95.9 cm³/mol. The van der Waals surface area contributed by atoms with Crippen LogP contribution in [0.2, 0.25) is 0 Å². The van der Waals surface area contributed by atoms with E-state index in [2.05, 4.69) is 11.4 Å². The molecule has 0 bridgehead atoms. The Morgan fingerprint density at radius 3 is 2.76 bits per heavy atom. The van der Waals surface area contributed by atoms with Gasteiger partial charge < -0.3 is 10.1 Å². The highest BCUT2D eigenvalue weighted by Crippen LogP contribution is 2.38. The first-order valence-electron chi connectivity index (χ1n) is 8.41. The Balaban J connectivity index is 1.87. The Kier molecular flexibility index (Phi) is 3.77. The summed E-state index contributed by atoms with van der Waals surface area (Å²) in [7, 11) is 1.65. The molecule has 4 rings (SSSR count). The minimum atomic E-state index is 0.0234. The number of piperidine rings is 1. The molecule has 2 aromatic carbocycles. The molecule has 1 aliphatic heterocycles. The number of hydrogen-bond acceptors (Lipinski definition) is 3. The van der Waals surface area contributed by atoms with Crippen LogP contribution in [0.1, 0.15) is 23.1 Å². The Morgan fingerprint density at radius 2 is 2.04 bits per heavy atom. The Bertz CT molecular complexity index is 920. The number of nitrogens with one attached hydrogen (secondary N) is 1. The second kappa shape index (κ2) is 6.10. The lowest BCUT2D eigenvalue weighted by molar-refractivity contribution is -0.118. The Hall–Kier alpha value is -3.06. The first-order chi connectivity index (χ1) is 12.2. The number of hydrogen-bond donors (Lipinski definition) is 1. The predicted octanol–water partition coefficient (Wildman–Crippen LogP) is 3.31. The number of benzene rings is 2. The van der Waals surface area contributed by atoms with E-state index < -0.39 is 0 Å². The van der Waals surface area contributed by atoms with Gasteiger partial charge in [-0.1, -0.05) is 12.1 Å². The summed E-state index contributed by atoms with van der Waals surface area (Å²) in [6, 6.07) is 14.0. The molecular weight excluding hydrogens is 312 g/mol. The van der Waals surface area contributed by atoms with Gasteiger partial charge in [0.1, 0.15) is 5.75 Å². The van der Waals surface area contributed by atoms with Gasteiger partial charge in [-0.05, 0) is 71.4 Å². The van der Waals surface area contributed by atoms with Crippen LogP contribution in [-0.4, -0.2) is 19.6 Å². The highest BCUT2D eigenvalue weighted by atomic mass is 16.5. The fourth-order valence-electron chi connectivity index (χ4n) is 3.76. The molecule has 0 saturated carbocycles. The number of carbonyl (C=O) groups excluding carboxylic acids is 1. The van der Waals surface area contributed by atoms with Gasteiger partial charge in [0.05, 0.1) is 18.7 Å². The summed E-state index contributed by atoms with van der Waals surface area (Å²) in [5.74, 6) is 1.08. The third-order valence-electron chi connectivity index (χ3n) is 5.06. The first kappa shape index (κ1) is 15.5. The van der Waals surface area contributed by atoms with Crippen LogP contribution < -0.4 is 10.1 Å². The molecule has 1 fully saturated rings. The van der Waals surface area contributed by atoms with Crippen LogP contribution in [0.5, 0.6) is 5.75 Å². The highest BCUT2D eigenvalue weighted by molar-refractivity contribution is 6.00. The van der Waals surface area contributed by atoms with Crippen molar-refractivity contribution >= 4 is 12.0 Å². The van der Waals surface area contributed by atoms with Gasteiger partial charge in [0.15, 0.2) is 0 Å². The van der Waals surface area contributed by atoms with Crippen molar-refractivity contribution in [2.24, 2.45) is 5.92 Å². The number of methoxy groups -OCH3 is 1. The molecule has 2 aromatic rings. The highest BCUT2D eigenvalue weighted by Gasteiger charge is 2.30. The van der Waals surface area contributed by atoms with Gasteiger partial charge in [-0.3, -0.25) is 4.79 Å². The van der Waals surface area contributed by atoms with Crippen molar-refractivity contribution in [3.63, 3.8) is 0 Å².